The van der Waals surface area contributed by atoms with Crippen LogP contribution in [0.25, 0.3) is 56.1 Å². The van der Waals surface area contributed by atoms with Gasteiger partial charge in [-0.1, -0.05) is 99.6 Å². The van der Waals surface area contributed by atoms with Crippen molar-refractivity contribution in [1.29, 1.82) is 0 Å². The molecule has 0 aliphatic heterocycles. The lowest BCUT2D eigenvalue weighted by molar-refractivity contribution is 0.590. The molecule has 0 aliphatic rings. The minimum Gasteiger partial charge on any atom is -0.436 e. The maximum absolute atomic E-state index is 6.03. The zero-order chi connectivity index (χ0) is 32.7. The van der Waals surface area contributed by atoms with Crippen LogP contribution in [-0.2, 0) is 5.41 Å². The molecule has 0 bridgehead atoms. The molecule has 0 unspecified atom stereocenters. The van der Waals surface area contributed by atoms with Gasteiger partial charge in [-0.15, -0.1) is 0 Å². The highest BCUT2D eigenvalue weighted by Crippen LogP contribution is 2.38. The van der Waals surface area contributed by atoms with Crippen molar-refractivity contribution in [2.45, 2.75) is 26.2 Å². The molecule has 5 heteroatoms. The summed E-state index contributed by atoms with van der Waals surface area (Å²) >= 11 is 0. The van der Waals surface area contributed by atoms with E-state index in [1.165, 1.54) is 5.56 Å². The van der Waals surface area contributed by atoms with Crippen LogP contribution in [0.5, 0.6) is 0 Å². The molecule has 0 spiro atoms. The smallest absolute Gasteiger partial charge is 0.227 e. The molecule has 8 rings (SSSR count). The van der Waals surface area contributed by atoms with E-state index in [9.17, 15) is 0 Å². The summed E-state index contributed by atoms with van der Waals surface area (Å²) in [5, 5.41) is 0. The van der Waals surface area contributed by atoms with E-state index in [4.69, 9.17) is 14.4 Å². The average molecular weight is 623 g/mol. The first kappa shape index (κ1) is 29.3. The number of anilines is 3. The van der Waals surface area contributed by atoms with Crippen molar-refractivity contribution in [3.05, 3.63) is 157 Å². The third-order valence-electron chi connectivity index (χ3n) is 8.67. The molecule has 0 amide bonds. The van der Waals surface area contributed by atoms with Gasteiger partial charge in [0.1, 0.15) is 5.52 Å². The number of para-hydroxylation sites is 5. The molecule has 0 fully saturated rings. The number of fused-ring (bicyclic) bond motifs is 2. The van der Waals surface area contributed by atoms with Gasteiger partial charge in [-0.3, -0.25) is 0 Å². The van der Waals surface area contributed by atoms with Crippen molar-refractivity contribution in [3.63, 3.8) is 0 Å². The minimum absolute atomic E-state index is 0.0709. The average Bonchev–Trinajstić information content (AvgIpc) is 3.57. The summed E-state index contributed by atoms with van der Waals surface area (Å²) in [6.45, 7) is 6.70. The summed E-state index contributed by atoms with van der Waals surface area (Å²) < 4.78 is 6.03. The first-order valence-electron chi connectivity index (χ1n) is 16.2. The van der Waals surface area contributed by atoms with Crippen molar-refractivity contribution in [2.24, 2.45) is 0 Å². The van der Waals surface area contributed by atoms with Crippen LogP contribution in [0.2, 0.25) is 0 Å². The highest BCUT2D eigenvalue weighted by atomic mass is 16.3. The molecule has 0 saturated heterocycles. The Morgan fingerprint density at radius 2 is 0.896 bits per heavy atom. The van der Waals surface area contributed by atoms with Gasteiger partial charge in [-0.05, 0) is 83.8 Å². The molecule has 232 valence electrons. The molecule has 0 aliphatic carbocycles. The van der Waals surface area contributed by atoms with Crippen LogP contribution in [-0.4, -0.2) is 15.0 Å². The quantitative estimate of drug-likeness (QED) is 0.185. The molecule has 8 aromatic rings. The predicted molar refractivity (Wildman–Crippen MR) is 197 cm³/mol. The normalized spacial score (nSPS) is 11.6. The van der Waals surface area contributed by atoms with Gasteiger partial charge in [0, 0.05) is 33.8 Å². The summed E-state index contributed by atoms with van der Waals surface area (Å²) in [5.41, 5.74) is 12.6. The monoisotopic (exact) mass is 622 g/mol. The Hall–Kier alpha value is -6.07. The lowest BCUT2D eigenvalue weighted by Gasteiger charge is -2.25. The highest BCUT2D eigenvalue weighted by Gasteiger charge is 2.18. The van der Waals surface area contributed by atoms with Gasteiger partial charge >= 0.3 is 0 Å². The van der Waals surface area contributed by atoms with E-state index in [-0.39, 0.29) is 5.41 Å². The summed E-state index contributed by atoms with van der Waals surface area (Å²) in [4.78, 5) is 17.2. The van der Waals surface area contributed by atoms with Gasteiger partial charge in [0.2, 0.25) is 5.89 Å². The van der Waals surface area contributed by atoms with Gasteiger partial charge < -0.3 is 9.32 Å². The lowest BCUT2D eigenvalue weighted by atomic mass is 9.86. The summed E-state index contributed by atoms with van der Waals surface area (Å²) in [5.74, 6) is 0.610. The van der Waals surface area contributed by atoms with Crippen LogP contribution >= 0.6 is 0 Å². The largest absolute Gasteiger partial charge is 0.436 e. The van der Waals surface area contributed by atoms with E-state index >= 15 is 0 Å². The molecule has 2 aromatic heterocycles. The number of hydrogen-bond donors (Lipinski definition) is 0. The molecule has 5 nitrogen and oxygen atoms in total. The molecule has 0 saturated carbocycles. The fraction of sp³-hybridized carbons (Fsp3) is 0.0930. The number of hydrogen-bond acceptors (Lipinski definition) is 5. The van der Waals surface area contributed by atoms with E-state index in [1.54, 1.807) is 0 Å². The number of oxazole rings is 1. The zero-order valence-corrected chi connectivity index (χ0v) is 27.1. The van der Waals surface area contributed by atoms with Crippen molar-refractivity contribution in [2.75, 3.05) is 4.90 Å². The maximum atomic E-state index is 6.03. The minimum atomic E-state index is 0.0709. The SMILES string of the molecule is CC(C)(C)c1ccc(-c2nc3ccccc3nc2-c2ccc(N(c3ccccc3)c3ccc(-c4nc5ccccc5o4)cc3)cc2)cc1. The molecule has 0 atom stereocenters. The Bertz CT molecular complexity index is 2320. The fourth-order valence-corrected chi connectivity index (χ4v) is 6.07. The number of rotatable bonds is 6. The van der Waals surface area contributed by atoms with Crippen LogP contribution in [0, 0.1) is 0 Å². The summed E-state index contributed by atoms with van der Waals surface area (Å²) in [6.07, 6.45) is 0. The Balaban J connectivity index is 1.18. The number of aromatic nitrogens is 3. The topological polar surface area (TPSA) is 55.1 Å². The third kappa shape index (κ3) is 5.60. The second-order valence-corrected chi connectivity index (χ2v) is 13.0. The second-order valence-electron chi connectivity index (χ2n) is 13.0. The van der Waals surface area contributed by atoms with Crippen molar-refractivity contribution >= 4 is 39.2 Å². The molecular formula is C43H34N4O. The standard InChI is InChI=1S/C43H34N4O/c1-43(2,3)32-23-17-29(18-24-32)40-41(45-37-14-8-7-13-36(37)44-40)30-19-25-34(26-20-30)47(33-11-5-4-6-12-33)35-27-21-31(22-28-35)42-46-38-15-9-10-16-39(38)48-42/h4-28H,1-3H3. The van der Waals surface area contributed by atoms with Crippen molar-refractivity contribution < 1.29 is 4.42 Å². The van der Waals surface area contributed by atoms with Gasteiger partial charge in [-0.2, -0.15) is 0 Å². The summed E-state index contributed by atoms with van der Waals surface area (Å²) in [7, 11) is 0. The second kappa shape index (κ2) is 11.9. The van der Waals surface area contributed by atoms with Crippen LogP contribution in [0.4, 0.5) is 17.1 Å². The van der Waals surface area contributed by atoms with Gasteiger partial charge in [0.05, 0.1) is 22.4 Å². The third-order valence-corrected chi connectivity index (χ3v) is 8.67. The van der Waals surface area contributed by atoms with Crippen LogP contribution in [0.3, 0.4) is 0 Å². The molecular weight excluding hydrogens is 589 g/mol. The zero-order valence-electron chi connectivity index (χ0n) is 27.1. The Morgan fingerprint density at radius 1 is 0.438 bits per heavy atom. The van der Waals surface area contributed by atoms with E-state index in [1.807, 2.05) is 54.6 Å². The Morgan fingerprint density at radius 3 is 1.44 bits per heavy atom. The first-order valence-corrected chi connectivity index (χ1v) is 16.2. The Kier molecular flexibility index (Phi) is 7.30. The van der Waals surface area contributed by atoms with Gasteiger partial charge in [-0.25, -0.2) is 15.0 Å². The van der Waals surface area contributed by atoms with E-state index in [0.717, 1.165) is 67.3 Å². The lowest BCUT2D eigenvalue weighted by Crippen LogP contribution is -2.10. The Labute approximate surface area is 280 Å². The van der Waals surface area contributed by atoms with Gasteiger partial charge in [0.25, 0.3) is 0 Å². The molecule has 48 heavy (non-hydrogen) atoms. The molecule has 0 radical (unpaired) electrons. The highest BCUT2D eigenvalue weighted by molar-refractivity contribution is 5.87. The summed E-state index contributed by atoms with van der Waals surface area (Å²) in [6, 6.07) is 52.0. The van der Waals surface area contributed by atoms with Gasteiger partial charge in [0.15, 0.2) is 5.58 Å². The van der Waals surface area contributed by atoms with E-state index in [0.29, 0.717) is 5.89 Å². The predicted octanol–water partition coefficient (Wildman–Crippen LogP) is 11.5. The first-order chi connectivity index (χ1) is 23.4. The maximum Gasteiger partial charge on any atom is 0.227 e. The van der Waals surface area contributed by atoms with Crippen LogP contribution < -0.4 is 4.90 Å². The number of nitrogens with zero attached hydrogens (tertiary/aromatic N) is 4. The van der Waals surface area contributed by atoms with Crippen LogP contribution in [0.15, 0.2) is 156 Å². The van der Waals surface area contributed by atoms with E-state index in [2.05, 4.69) is 128 Å². The molecule has 0 N–H and O–H groups in total. The molecule has 6 aromatic carbocycles. The fourth-order valence-electron chi connectivity index (χ4n) is 6.07. The van der Waals surface area contributed by atoms with E-state index < -0.39 is 0 Å². The van der Waals surface area contributed by atoms with Crippen molar-refractivity contribution in [3.8, 4) is 34.0 Å². The molecule has 2 heterocycles. The van der Waals surface area contributed by atoms with Crippen molar-refractivity contribution in [1.82, 2.24) is 15.0 Å². The van der Waals surface area contributed by atoms with Crippen LogP contribution in [0.1, 0.15) is 26.3 Å². The number of benzene rings is 6.